The maximum atomic E-state index is 12.2. The first kappa shape index (κ1) is 18.3. The van der Waals surface area contributed by atoms with Crippen LogP contribution < -0.4 is 15.8 Å². The van der Waals surface area contributed by atoms with Crippen molar-refractivity contribution < 1.29 is 22.4 Å². The number of halogens is 1. The summed E-state index contributed by atoms with van der Waals surface area (Å²) in [5.74, 6) is 0.244. The topological polar surface area (TPSA) is 112 Å². The van der Waals surface area contributed by atoms with Gasteiger partial charge in [-0.05, 0) is 24.3 Å². The van der Waals surface area contributed by atoms with Crippen LogP contribution in [0.2, 0.25) is 5.02 Å². The number of rotatable bonds is 7. The van der Waals surface area contributed by atoms with Crippen molar-refractivity contribution in [3.8, 4) is 5.75 Å². The minimum Gasteiger partial charge on any atom is -0.490 e. The molecule has 7 nitrogen and oxygen atoms in total. The molecule has 0 unspecified atom stereocenters. The van der Waals surface area contributed by atoms with Crippen LogP contribution in [0.15, 0.2) is 34.9 Å². The van der Waals surface area contributed by atoms with Gasteiger partial charge in [0.15, 0.2) is 9.84 Å². The number of sulfone groups is 1. The van der Waals surface area contributed by atoms with Gasteiger partial charge in [-0.2, -0.15) is 0 Å². The minimum atomic E-state index is -3.14. The summed E-state index contributed by atoms with van der Waals surface area (Å²) in [4.78, 5) is 12.2. The fourth-order valence-corrected chi connectivity index (χ4v) is 2.39. The lowest BCUT2D eigenvalue weighted by molar-refractivity contribution is 0.102. The number of hydrogen-bond acceptors (Lipinski definition) is 6. The normalized spacial score (nSPS) is 11.3. The molecule has 2 aromatic rings. The maximum Gasteiger partial charge on any atom is 0.259 e. The highest BCUT2D eigenvalue weighted by Gasteiger charge is 2.14. The van der Waals surface area contributed by atoms with Gasteiger partial charge in [0.2, 0.25) is 0 Å². The summed E-state index contributed by atoms with van der Waals surface area (Å²) in [5, 5.41) is 3.05. The molecule has 1 heterocycles. The predicted octanol–water partition coefficient (Wildman–Crippen LogP) is 2.07. The van der Waals surface area contributed by atoms with Crippen LogP contribution in [-0.2, 0) is 16.4 Å². The second kappa shape index (κ2) is 7.69. The smallest absolute Gasteiger partial charge is 0.259 e. The summed E-state index contributed by atoms with van der Waals surface area (Å²) in [6, 6.07) is 6.18. The van der Waals surface area contributed by atoms with Crippen LogP contribution in [0.3, 0.4) is 0 Å². The number of amides is 1. The number of anilines is 1. The Balaban J connectivity index is 2.13. The van der Waals surface area contributed by atoms with Gasteiger partial charge in [-0.15, -0.1) is 0 Å². The molecule has 0 aliphatic rings. The van der Waals surface area contributed by atoms with Crippen molar-refractivity contribution in [3.63, 3.8) is 0 Å². The fraction of sp³-hybridized carbons (Fsp3) is 0.267. The predicted molar refractivity (Wildman–Crippen MR) is 91.2 cm³/mol. The van der Waals surface area contributed by atoms with Gasteiger partial charge in [-0.25, -0.2) is 8.42 Å². The maximum absolute atomic E-state index is 12.2. The Morgan fingerprint density at radius 1 is 1.38 bits per heavy atom. The summed E-state index contributed by atoms with van der Waals surface area (Å²) in [7, 11) is -3.14. The molecule has 0 aliphatic carbocycles. The van der Waals surface area contributed by atoms with Crippen molar-refractivity contribution in [2.45, 2.75) is 6.54 Å². The molecule has 0 atom stereocenters. The average Bonchev–Trinajstić information content (AvgIpc) is 2.97. The lowest BCUT2D eigenvalue weighted by Crippen LogP contribution is -2.15. The number of furan rings is 1. The quantitative estimate of drug-likeness (QED) is 0.769. The van der Waals surface area contributed by atoms with Crippen molar-refractivity contribution in [1.29, 1.82) is 0 Å². The zero-order valence-electron chi connectivity index (χ0n) is 12.9. The lowest BCUT2D eigenvalue weighted by atomic mass is 10.2. The largest absolute Gasteiger partial charge is 0.490 e. The first-order valence-corrected chi connectivity index (χ1v) is 9.41. The standard InChI is InChI=1S/C15H17ClN2O5S/c1-24(20,21)5-4-22-14-3-2-11(16)7-13(14)18-15(19)10-6-12(8-17)23-9-10/h2-3,6-7,9H,4-5,8,17H2,1H3,(H,18,19). The van der Waals surface area contributed by atoms with E-state index in [0.717, 1.165) is 6.26 Å². The van der Waals surface area contributed by atoms with E-state index in [9.17, 15) is 13.2 Å². The Morgan fingerprint density at radius 3 is 2.75 bits per heavy atom. The van der Waals surface area contributed by atoms with Crippen LogP contribution in [0.25, 0.3) is 0 Å². The molecular formula is C15H17ClN2O5S. The number of carbonyl (C=O) groups excluding carboxylic acids is 1. The van der Waals surface area contributed by atoms with Crippen LogP contribution in [0, 0.1) is 0 Å². The van der Waals surface area contributed by atoms with Gasteiger partial charge < -0.3 is 20.2 Å². The van der Waals surface area contributed by atoms with Crippen LogP contribution >= 0.6 is 11.6 Å². The van der Waals surface area contributed by atoms with E-state index in [2.05, 4.69) is 5.32 Å². The van der Waals surface area contributed by atoms with E-state index in [1.807, 2.05) is 0 Å². The van der Waals surface area contributed by atoms with E-state index in [-0.39, 0.29) is 18.9 Å². The highest BCUT2D eigenvalue weighted by Crippen LogP contribution is 2.28. The molecule has 130 valence electrons. The lowest BCUT2D eigenvalue weighted by Gasteiger charge is -2.12. The fourth-order valence-electron chi connectivity index (χ4n) is 1.83. The van der Waals surface area contributed by atoms with Gasteiger partial charge in [0, 0.05) is 11.3 Å². The van der Waals surface area contributed by atoms with Crippen LogP contribution in [0.4, 0.5) is 5.69 Å². The van der Waals surface area contributed by atoms with Crippen LogP contribution in [0.5, 0.6) is 5.75 Å². The number of nitrogens with two attached hydrogens (primary N) is 1. The number of carbonyl (C=O) groups is 1. The summed E-state index contributed by atoms with van der Waals surface area (Å²) in [6.45, 7) is 0.149. The van der Waals surface area contributed by atoms with Gasteiger partial charge in [-0.1, -0.05) is 11.6 Å². The number of ether oxygens (including phenoxy) is 1. The van der Waals surface area contributed by atoms with Gasteiger partial charge in [-0.3, -0.25) is 4.79 Å². The third-order valence-corrected chi connectivity index (χ3v) is 4.16. The van der Waals surface area contributed by atoms with E-state index >= 15 is 0 Å². The SMILES string of the molecule is CS(=O)(=O)CCOc1ccc(Cl)cc1NC(=O)c1coc(CN)c1. The van der Waals surface area contributed by atoms with Gasteiger partial charge in [0.25, 0.3) is 5.91 Å². The molecular weight excluding hydrogens is 356 g/mol. The van der Waals surface area contributed by atoms with Crippen molar-refractivity contribution in [1.82, 2.24) is 0 Å². The molecule has 0 spiro atoms. The molecule has 1 aromatic carbocycles. The van der Waals surface area contributed by atoms with E-state index < -0.39 is 15.7 Å². The summed E-state index contributed by atoms with van der Waals surface area (Å²) >= 11 is 5.94. The Labute approximate surface area is 144 Å². The number of hydrogen-bond donors (Lipinski definition) is 2. The highest BCUT2D eigenvalue weighted by molar-refractivity contribution is 7.90. The van der Waals surface area contributed by atoms with Crippen LogP contribution in [0.1, 0.15) is 16.1 Å². The monoisotopic (exact) mass is 372 g/mol. The molecule has 24 heavy (non-hydrogen) atoms. The van der Waals surface area contributed by atoms with Crippen molar-refractivity contribution in [3.05, 3.63) is 46.9 Å². The summed E-state index contributed by atoms with van der Waals surface area (Å²) in [5.41, 5.74) is 6.07. The molecule has 0 saturated heterocycles. The molecule has 1 aromatic heterocycles. The second-order valence-electron chi connectivity index (χ2n) is 5.08. The molecule has 1 amide bonds. The van der Waals surface area contributed by atoms with Crippen molar-refractivity contribution >= 4 is 33.0 Å². The molecule has 0 aliphatic heterocycles. The van der Waals surface area contributed by atoms with E-state index in [4.69, 9.17) is 26.5 Å². The zero-order valence-corrected chi connectivity index (χ0v) is 14.5. The summed E-state index contributed by atoms with van der Waals surface area (Å²) < 4.78 is 32.9. The molecule has 0 fully saturated rings. The number of nitrogens with one attached hydrogen (secondary N) is 1. The van der Waals surface area contributed by atoms with Gasteiger partial charge in [0.1, 0.15) is 24.4 Å². The minimum absolute atomic E-state index is 0.0353. The Bertz CT molecular complexity index is 832. The van der Waals surface area contributed by atoms with Crippen LogP contribution in [-0.4, -0.2) is 32.9 Å². The first-order chi connectivity index (χ1) is 11.3. The highest BCUT2D eigenvalue weighted by atomic mass is 35.5. The Hall–Kier alpha value is -2.03. The van der Waals surface area contributed by atoms with Crippen molar-refractivity contribution in [2.75, 3.05) is 23.9 Å². The third-order valence-electron chi connectivity index (χ3n) is 3.02. The molecule has 0 radical (unpaired) electrons. The molecule has 2 rings (SSSR count). The van der Waals surface area contributed by atoms with Crippen molar-refractivity contribution in [2.24, 2.45) is 5.73 Å². The van der Waals surface area contributed by atoms with E-state index in [0.29, 0.717) is 27.8 Å². The first-order valence-electron chi connectivity index (χ1n) is 6.97. The Kier molecular flexibility index (Phi) is 5.87. The van der Waals surface area contributed by atoms with E-state index in [1.165, 1.54) is 18.4 Å². The molecule has 0 saturated carbocycles. The van der Waals surface area contributed by atoms with Gasteiger partial charge in [0.05, 0.1) is 23.5 Å². The average molecular weight is 373 g/mol. The van der Waals surface area contributed by atoms with E-state index in [1.54, 1.807) is 12.1 Å². The second-order valence-corrected chi connectivity index (χ2v) is 7.77. The Morgan fingerprint density at radius 2 is 2.12 bits per heavy atom. The van der Waals surface area contributed by atoms with Gasteiger partial charge >= 0.3 is 0 Å². The zero-order chi connectivity index (χ0) is 17.7. The number of benzene rings is 1. The third kappa shape index (κ3) is 5.26. The summed E-state index contributed by atoms with van der Waals surface area (Å²) in [6.07, 6.45) is 2.42. The molecule has 3 N–H and O–H groups in total. The molecule has 0 bridgehead atoms. The molecule has 9 heteroatoms.